The summed E-state index contributed by atoms with van der Waals surface area (Å²) in [6.07, 6.45) is 0.300. The van der Waals surface area contributed by atoms with Gasteiger partial charge in [-0.25, -0.2) is 0 Å². The van der Waals surface area contributed by atoms with Crippen LogP contribution in [0.15, 0.2) is 18.2 Å². The van der Waals surface area contributed by atoms with Gasteiger partial charge in [-0.15, -0.1) is 0 Å². The van der Waals surface area contributed by atoms with Crippen LogP contribution in [-0.2, 0) is 9.53 Å². The molecule has 1 aromatic carbocycles. The first-order chi connectivity index (χ1) is 9.88. The van der Waals surface area contributed by atoms with Crippen LogP contribution in [0.4, 0.5) is 5.69 Å². The number of halogens is 1. The Balaban J connectivity index is 2.04. The topological polar surface area (TPSA) is 41.6 Å². The molecule has 1 amide bonds. The van der Waals surface area contributed by atoms with Crippen molar-refractivity contribution in [3.8, 4) is 0 Å². The highest BCUT2D eigenvalue weighted by Crippen LogP contribution is 2.23. The van der Waals surface area contributed by atoms with Crippen molar-refractivity contribution >= 4 is 23.2 Å². The summed E-state index contributed by atoms with van der Waals surface area (Å²) >= 11 is 6.09. The molecule has 116 valence electrons. The van der Waals surface area contributed by atoms with E-state index in [0.717, 1.165) is 24.3 Å². The van der Waals surface area contributed by atoms with E-state index in [2.05, 4.69) is 10.2 Å². The molecule has 1 heterocycles. The van der Waals surface area contributed by atoms with Crippen LogP contribution >= 0.6 is 11.6 Å². The van der Waals surface area contributed by atoms with Gasteiger partial charge in [0.15, 0.2) is 0 Å². The SMILES string of the molecule is Cc1c(Cl)cccc1NC(=O)[C@@H](C)N1C[C@@H](C)O[C@@H](C)C1. The molecule has 1 saturated heterocycles. The first-order valence-electron chi connectivity index (χ1n) is 7.34. The average Bonchev–Trinajstić information content (AvgIpc) is 2.42. The predicted molar refractivity (Wildman–Crippen MR) is 85.9 cm³/mol. The van der Waals surface area contributed by atoms with Gasteiger partial charge in [0.2, 0.25) is 5.91 Å². The molecule has 2 rings (SSSR count). The maximum Gasteiger partial charge on any atom is 0.241 e. The third-order valence-electron chi connectivity index (χ3n) is 3.90. The van der Waals surface area contributed by atoms with E-state index in [1.54, 1.807) is 0 Å². The van der Waals surface area contributed by atoms with E-state index in [1.807, 2.05) is 45.9 Å². The number of rotatable bonds is 3. The summed E-state index contributed by atoms with van der Waals surface area (Å²) < 4.78 is 5.71. The number of amides is 1. The summed E-state index contributed by atoms with van der Waals surface area (Å²) in [5.41, 5.74) is 1.66. The first-order valence-corrected chi connectivity index (χ1v) is 7.71. The van der Waals surface area contributed by atoms with E-state index in [9.17, 15) is 4.79 Å². The molecule has 0 saturated carbocycles. The van der Waals surface area contributed by atoms with Crippen molar-refractivity contribution in [3.05, 3.63) is 28.8 Å². The molecule has 1 aromatic rings. The van der Waals surface area contributed by atoms with Crippen molar-refractivity contribution in [3.63, 3.8) is 0 Å². The fourth-order valence-corrected chi connectivity index (χ4v) is 2.85. The minimum Gasteiger partial charge on any atom is -0.373 e. The Labute approximate surface area is 131 Å². The molecule has 0 radical (unpaired) electrons. The minimum atomic E-state index is -0.197. The van der Waals surface area contributed by atoms with E-state index in [-0.39, 0.29) is 24.2 Å². The summed E-state index contributed by atoms with van der Waals surface area (Å²) in [6.45, 7) is 9.45. The largest absolute Gasteiger partial charge is 0.373 e. The van der Waals surface area contributed by atoms with Gasteiger partial charge in [-0.2, -0.15) is 0 Å². The van der Waals surface area contributed by atoms with Crippen molar-refractivity contribution in [1.29, 1.82) is 0 Å². The van der Waals surface area contributed by atoms with Crippen molar-refractivity contribution in [2.75, 3.05) is 18.4 Å². The van der Waals surface area contributed by atoms with Gasteiger partial charge in [0.05, 0.1) is 18.2 Å². The third kappa shape index (κ3) is 3.96. The van der Waals surface area contributed by atoms with Gasteiger partial charge >= 0.3 is 0 Å². The molecule has 1 aliphatic heterocycles. The van der Waals surface area contributed by atoms with Crippen LogP contribution in [0.3, 0.4) is 0 Å². The van der Waals surface area contributed by atoms with Crippen molar-refractivity contribution in [2.24, 2.45) is 0 Å². The number of benzene rings is 1. The van der Waals surface area contributed by atoms with Crippen molar-refractivity contribution < 1.29 is 9.53 Å². The number of hydrogen-bond acceptors (Lipinski definition) is 3. The van der Waals surface area contributed by atoms with E-state index >= 15 is 0 Å². The predicted octanol–water partition coefficient (Wildman–Crippen LogP) is 3.08. The van der Waals surface area contributed by atoms with Crippen LogP contribution in [-0.4, -0.2) is 42.1 Å². The number of carbonyl (C=O) groups excluding carboxylic acids is 1. The number of nitrogens with zero attached hydrogens (tertiary/aromatic N) is 1. The standard InChI is InChI=1S/C16H23ClN2O2/c1-10-8-19(9-11(2)21-10)13(4)16(20)18-15-7-5-6-14(17)12(15)3/h5-7,10-11,13H,8-9H2,1-4H3,(H,18,20)/t10-,11+,13-/m1/s1. The lowest BCUT2D eigenvalue weighted by Crippen LogP contribution is -2.52. The molecule has 1 N–H and O–H groups in total. The number of morpholine rings is 1. The number of hydrogen-bond donors (Lipinski definition) is 1. The van der Waals surface area contributed by atoms with Crippen LogP contribution in [0, 0.1) is 6.92 Å². The van der Waals surface area contributed by atoms with Crippen molar-refractivity contribution in [2.45, 2.75) is 45.9 Å². The van der Waals surface area contributed by atoms with Crippen LogP contribution in [0.1, 0.15) is 26.3 Å². The molecule has 0 spiro atoms. The van der Waals surface area contributed by atoms with Gasteiger partial charge in [-0.1, -0.05) is 17.7 Å². The molecule has 21 heavy (non-hydrogen) atoms. The second-order valence-electron chi connectivity index (χ2n) is 5.79. The zero-order valence-electron chi connectivity index (χ0n) is 13.0. The van der Waals surface area contributed by atoms with E-state index < -0.39 is 0 Å². The maximum atomic E-state index is 12.5. The molecule has 1 fully saturated rings. The molecule has 0 aliphatic carbocycles. The van der Waals surface area contributed by atoms with E-state index in [0.29, 0.717) is 5.02 Å². The molecule has 1 aliphatic rings. The zero-order valence-corrected chi connectivity index (χ0v) is 13.8. The number of anilines is 1. The molecule has 4 nitrogen and oxygen atoms in total. The van der Waals surface area contributed by atoms with Gasteiger partial charge in [-0.3, -0.25) is 9.69 Å². The highest BCUT2D eigenvalue weighted by molar-refractivity contribution is 6.31. The Hall–Kier alpha value is -1.10. The van der Waals surface area contributed by atoms with Crippen LogP contribution < -0.4 is 5.32 Å². The summed E-state index contributed by atoms with van der Waals surface area (Å²) in [6, 6.07) is 5.34. The summed E-state index contributed by atoms with van der Waals surface area (Å²) in [5, 5.41) is 3.63. The molecular formula is C16H23ClN2O2. The Bertz CT molecular complexity index is 511. The zero-order chi connectivity index (χ0) is 15.6. The monoisotopic (exact) mass is 310 g/mol. The summed E-state index contributed by atoms with van der Waals surface area (Å²) in [4.78, 5) is 14.6. The van der Waals surface area contributed by atoms with Gasteiger partial charge in [-0.05, 0) is 45.4 Å². The van der Waals surface area contributed by atoms with Crippen molar-refractivity contribution in [1.82, 2.24) is 4.90 Å². The fourth-order valence-electron chi connectivity index (χ4n) is 2.68. The molecule has 0 bridgehead atoms. The van der Waals surface area contributed by atoms with Gasteiger partial charge < -0.3 is 10.1 Å². The summed E-state index contributed by atoms with van der Waals surface area (Å²) in [7, 11) is 0. The summed E-state index contributed by atoms with van der Waals surface area (Å²) in [5.74, 6) is -0.0123. The number of carbonyl (C=O) groups is 1. The molecule has 3 atom stereocenters. The smallest absolute Gasteiger partial charge is 0.241 e. The number of ether oxygens (including phenoxy) is 1. The normalized spacial score (nSPS) is 24.6. The molecular weight excluding hydrogens is 288 g/mol. The highest BCUT2D eigenvalue weighted by Gasteiger charge is 2.29. The van der Waals surface area contributed by atoms with Crippen LogP contribution in [0.5, 0.6) is 0 Å². The van der Waals surface area contributed by atoms with Gasteiger partial charge in [0.1, 0.15) is 0 Å². The minimum absolute atomic E-state index is 0.0123. The lowest BCUT2D eigenvalue weighted by atomic mass is 10.1. The Morgan fingerprint density at radius 3 is 2.62 bits per heavy atom. The highest BCUT2D eigenvalue weighted by atomic mass is 35.5. The molecule has 5 heteroatoms. The molecule has 0 unspecified atom stereocenters. The molecule has 0 aromatic heterocycles. The third-order valence-corrected chi connectivity index (χ3v) is 4.31. The van der Waals surface area contributed by atoms with Gasteiger partial charge in [0.25, 0.3) is 0 Å². The lowest BCUT2D eigenvalue weighted by Gasteiger charge is -2.38. The maximum absolute atomic E-state index is 12.5. The first kappa shape index (κ1) is 16.3. The van der Waals surface area contributed by atoms with E-state index in [4.69, 9.17) is 16.3 Å². The Morgan fingerprint density at radius 2 is 2.00 bits per heavy atom. The fraction of sp³-hybridized carbons (Fsp3) is 0.562. The Kier molecular flexibility index (Phi) is 5.25. The lowest BCUT2D eigenvalue weighted by molar-refractivity contribution is -0.126. The number of nitrogens with one attached hydrogen (secondary N) is 1. The van der Waals surface area contributed by atoms with E-state index in [1.165, 1.54) is 0 Å². The second kappa shape index (κ2) is 6.77. The van der Waals surface area contributed by atoms with Gasteiger partial charge in [0, 0.05) is 23.8 Å². The Morgan fingerprint density at radius 1 is 1.38 bits per heavy atom. The van der Waals surface area contributed by atoms with Crippen LogP contribution in [0.25, 0.3) is 0 Å². The second-order valence-corrected chi connectivity index (χ2v) is 6.20. The average molecular weight is 311 g/mol. The van der Waals surface area contributed by atoms with Crippen LogP contribution in [0.2, 0.25) is 5.02 Å². The quantitative estimate of drug-likeness (QED) is 0.933.